The Morgan fingerprint density at radius 1 is 1.12 bits per heavy atom. The van der Waals surface area contributed by atoms with Gasteiger partial charge in [-0.05, 0) is 53.6 Å². The molecule has 1 fully saturated rings. The van der Waals surface area contributed by atoms with Gasteiger partial charge in [0.05, 0.1) is 11.6 Å². The summed E-state index contributed by atoms with van der Waals surface area (Å²) >= 11 is 8.36. The van der Waals surface area contributed by atoms with Gasteiger partial charge < -0.3 is 9.84 Å². The summed E-state index contributed by atoms with van der Waals surface area (Å²) in [5.74, 6) is -1.61. The number of carbonyl (C=O) groups excluding carboxylic acids is 2. The third kappa shape index (κ3) is 5.65. The van der Waals surface area contributed by atoms with E-state index < -0.39 is 17.7 Å². The van der Waals surface area contributed by atoms with Crippen molar-refractivity contribution in [3.8, 4) is 5.75 Å². The minimum Gasteiger partial charge on any atom is -0.507 e. The van der Waals surface area contributed by atoms with Gasteiger partial charge in [0.15, 0.2) is 4.34 Å². The molecule has 7 nitrogen and oxygen atoms in total. The van der Waals surface area contributed by atoms with E-state index in [-0.39, 0.29) is 28.9 Å². The molecule has 3 aromatic carbocycles. The van der Waals surface area contributed by atoms with Gasteiger partial charge in [-0.15, -0.1) is 10.2 Å². The van der Waals surface area contributed by atoms with Crippen LogP contribution >= 0.6 is 34.7 Å². The summed E-state index contributed by atoms with van der Waals surface area (Å²) in [7, 11) is 0. The third-order valence-corrected chi connectivity index (χ3v) is 8.37. The minimum atomic E-state index is -1.01. The molecule has 1 saturated heterocycles. The van der Waals surface area contributed by atoms with Gasteiger partial charge in [-0.3, -0.25) is 14.5 Å². The van der Waals surface area contributed by atoms with Gasteiger partial charge >= 0.3 is 5.91 Å². The Bertz CT molecular complexity index is 1620. The predicted octanol–water partition coefficient (Wildman–Crippen LogP) is 6.81. The number of aromatic nitrogens is 2. The summed E-state index contributed by atoms with van der Waals surface area (Å²) in [6.45, 7) is 3.91. The zero-order valence-electron chi connectivity index (χ0n) is 20.8. The molecular weight excluding hydrogens is 573 g/mol. The molecule has 0 bridgehead atoms. The number of ether oxygens (including phenoxy) is 1. The number of Topliss-reactive ketones (excluding diaryl/α,β-unsaturated/α-hetero) is 1. The van der Waals surface area contributed by atoms with Gasteiger partial charge in [0.1, 0.15) is 23.9 Å². The zero-order chi connectivity index (χ0) is 28.2. The zero-order valence-corrected chi connectivity index (χ0v) is 23.2. The molecule has 40 heavy (non-hydrogen) atoms. The number of carbonyl (C=O) groups is 2. The molecular formula is C29H21ClFN3O4S2. The molecule has 1 amide bonds. The van der Waals surface area contributed by atoms with Gasteiger partial charge in [0.2, 0.25) is 5.13 Å². The van der Waals surface area contributed by atoms with Crippen molar-refractivity contribution in [3.05, 3.63) is 119 Å². The Morgan fingerprint density at radius 2 is 1.90 bits per heavy atom. The topological polar surface area (TPSA) is 92.6 Å². The van der Waals surface area contributed by atoms with Crippen LogP contribution in [0, 0.1) is 5.82 Å². The van der Waals surface area contributed by atoms with Crippen molar-refractivity contribution in [1.29, 1.82) is 0 Å². The third-order valence-electron chi connectivity index (χ3n) is 6.01. The molecule has 202 valence electrons. The average Bonchev–Trinajstić information content (AvgIpc) is 3.53. The number of amides is 1. The number of hydrogen-bond donors (Lipinski definition) is 1. The minimum absolute atomic E-state index is 0.107. The molecule has 4 aromatic rings. The quantitative estimate of drug-likeness (QED) is 0.0569. The molecule has 0 saturated carbocycles. The Kier molecular flexibility index (Phi) is 8.29. The van der Waals surface area contributed by atoms with E-state index in [1.165, 1.54) is 22.7 Å². The standard InChI is InChI=1S/C29H21ClFN3O4S2/c1-2-14-38-21-8-5-7-18(15-21)24-23(25(35)17-10-12-20(30)13-11-17)26(36)27(37)34(24)28-32-33-29(40-28)39-16-19-6-3-4-9-22(19)31/h2-13,15,24,35H,1,14,16H2. The van der Waals surface area contributed by atoms with Crippen LogP contribution in [0.4, 0.5) is 9.52 Å². The largest absolute Gasteiger partial charge is 0.507 e. The van der Waals surface area contributed by atoms with Gasteiger partial charge in [0.25, 0.3) is 5.78 Å². The number of anilines is 1. The highest BCUT2D eigenvalue weighted by atomic mass is 35.5. The van der Waals surface area contributed by atoms with Crippen molar-refractivity contribution >= 4 is 57.3 Å². The summed E-state index contributed by atoms with van der Waals surface area (Å²) in [5, 5.41) is 20.2. The lowest BCUT2D eigenvalue weighted by Crippen LogP contribution is -2.29. The summed E-state index contributed by atoms with van der Waals surface area (Å²) in [6.07, 6.45) is 1.60. The van der Waals surface area contributed by atoms with Crippen molar-refractivity contribution in [2.24, 2.45) is 0 Å². The lowest BCUT2D eigenvalue weighted by Gasteiger charge is -2.23. The summed E-state index contributed by atoms with van der Waals surface area (Å²) in [5.41, 5.74) is 1.24. The van der Waals surface area contributed by atoms with Crippen LogP contribution < -0.4 is 9.64 Å². The molecule has 1 aromatic heterocycles. The first-order valence-corrected chi connectivity index (χ1v) is 14.2. The van der Waals surface area contributed by atoms with Gasteiger partial charge in [-0.25, -0.2) is 4.39 Å². The van der Waals surface area contributed by atoms with E-state index in [4.69, 9.17) is 16.3 Å². The molecule has 2 heterocycles. The molecule has 5 rings (SSSR count). The number of benzene rings is 3. The number of aliphatic hydroxyl groups is 1. The number of aliphatic hydroxyl groups excluding tert-OH is 1. The van der Waals surface area contributed by atoms with Crippen molar-refractivity contribution in [1.82, 2.24) is 10.2 Å². The fourth-order valence-corrected chi connectivity index (χ4v) is 6.13. The van der Waals surface area contributed by atoms with E-state index in [9.17, 15) is 19.1 Å². The summed E-state index contributed by atoms with van der Waals surface area (Å²) < 4.78 is 20.2. The van der Waals surface area contributed by atoms with Crippen LogP contribution in [0.25, 0.3) is 5.76 Å². The normalized spacial score (nSPS) is 16.4. The molecule has 1 aliphatic rings. The van der Waals surface area contributed by atoms with Gasteiger partial charge in [-0.1, -0.05) is 77.7 Å². The summed E-state index contributed by atoms with van der Waals surface area (Å²) in [4.78, 5) is 28.0. The molecule has 1 N–H and O–H groups in total. The van der Waals surface area contributed by atoms with Crippen LogP contribution in [0.5, 0.6) is 5.75 Å². The molecule has 1 aliphatic heterocycles. The number of thioether (sulfide) groups is 1. The number of nitrogens with zero attached hydrogens (tertiary/aromatic N) is 3. The van der Waals surface area contributed by atoms with Crippen LogP contribution in [0.15, 0.2) is 95.4 Å². The van der Waals surface area contributed by atoms with E-state index in [2.05, 4.69) is 16.8 Å². The van der Waals surface area contributed by atoms with E-state index >= 15 is 0 Å². The molecule has 11 heteroatoms. The maximum absolute atomic E-state index is 14.1. The maximum Gasteiger partial charge on any atom is 0.301 e. The predicted molar refractivity (Wildman–Crippen MR) is 154 cm³/mol. The second-order valence-electron chi connectivity index (χ2n) is 8.58. The number of rotatable bonds is 9. The maximum atomic E-state index is 14.1. The molecule has 0 radical (unpaired) electrons. The van der Waals surface area contributed by atoms with Crippen molar-refractivity contribution in [2.75, 3.05) is 11.5 Å². The highest BCUT2D eigenvalue weighted by molar-refractivity contribution is 8.00. The first kappa shape index (κ1) is 27.6. The fourth-order valence-electron chi connectivity index (χ4n) is 4.15. The molecule has 1 atom stereocenters. The number of hydrogen-bond acceptors (Lipinski definition) is 8. The number of ketones is 1. The molecule has 0 aliphatic carbocycles. The first-order chi connectivity index (χ1) is 19.4. The van der Waals surface area contributed by atoms with Crippen LogP contribution in [0.3, 0.4) is 0 Å². The Morgan fingerprint density at radius 3 is 2.65 bits per heavy atom. The monoisotopic (exact) mass is 593 g/mol. The van der Waals surface area contributed by atoms with Crippen LogP contribution in [0.1, 0.15) is 22.7 Å². The Hall–Kier alpha value is -3.99. The highest BCUT2D eigenvalue weighted by Crippen LogP contribution is 2.44. The van der Waals surface area contributed by atoms with Crippen molar-refractivity contribution in [3.63, 3.8) is 0 Å². The number of halogens is 2. The second-order valence-corrected chi connectivity index (χ2v) is 11.2. The fraction of sp³-hybridized carbons (Fsp3) is 0.103. The van der Waals surface area contributed by atoms with Gasteiger partial charge in [0, 0.05) is 16.3 Å². The molecule has 1 unspecified atom stereocenters. The van der Waals surface area contributed by atoms with Crippen LogP contribution in [-0.4, -0.2) is 33.6 Å². The van der Waals surface area contributed by atoms with Crippen LogP contribution in [0.2, 0.25) is 5.02 Å². The highest BCUT2D eigenvalue weighted by Gasteiger charge is 2.48. The van der Waals surface area contributed by atoms with Crippen LogP contribution in [-0.2, 0) is 15.3 Å². The lowest BCUT2D eigenvalue weighted by molar-refractivity contribution is -0.132. The Labute approximate surface area is 242 Å². The lowest BCUT2D eigenvalue weighted by atomic mass is 9.95. The SMILES string of the molecule is C=CCOc1cccc(C2C(=C(O)c3ccc(Cl)cc3)C(=O)C(=O)N2c2nnc(SCc3ccccc3F)s2)c1. The van der Waals surface area contributed by atoms with E-state index in [0.717, 1.165) is 11.3 Å². The van der Waals surface area contributed by atoms with Gasteiger partial charge in [-0.2, -0.15) is 0 Å². The van der Waals surface area contributed by atoms with E-state index in [1.54, 1.807) is 72.8 Å². The summed E-state index contributed by atoms with van der Waals surface area (Å²) in [6, 6.07) is 18.6. The average molecular weight is 594 g/mol. The van der Waals surface area contributed by atoms with Crippen molar-refractivity contribution in [2.45, 2.75) is 16.1 Å². The van der Waals surface area contributed by atoms with E-state index in [0.29, 0.717) is 37.6 Å². The van der Waals surface area contributed by atoms with Crippen molar-refractivity contribution < 1.29 is 23.8 Å². The van der Waals surface area contributed by atoms with E-state index in [1.807, 2.05) is 0 Å². The smallest absolute Gasteiger partial charge is 0.301 e. The Balaban J connectivity index is 1.56. The second kappa shape index (κ2) is 12.0. The molecule has 0 spiro atoms. The first-order valence-electron chi connectivity index (χ1n) is 12.0.